The maximum absolute atomic E-state index is 5.85. The zero-order chi connectivity index (χ0) is 11.5. The predicted octanol–water partition coefficient (Wildman–Crippen LogP) is 2.86. The molecular formula is C14H21NO. The van der Waals surface area contributed by atoms with Gasteiger partial charge in [-0.3, -0.25) is 0 Å². The third kappa shape index (κ3) is 2.00. The maximum Gasteiger partial charge on any atom is 0.0775 e. The molecule has 16 heavy (non-hydrogen) atoms. The largest absolute Gasteiger partial charge is 0.377 e. The molecule has 0 aliphatic heterocycles. The second kappa shape index (κ2) is 4.98. The van der Waals surface area contributed by atoms with Gasteiger partial charge in [0.05, 0.1) is 12.1 Å². The Bertz CT molecular complexity index is 350. The highest BCUT2D eigenvalue weighted by Gasteiger charge is 2.32. The van der Waals surface area contributed by atoms with Crippen molar-refractivity contribution in [3.8, 4) is 0 Å². The van der Waals surface area contributed by atoms with Crippen molar-refractivity contribution in [2.45, 2.75) is 38.3 Å². The monoisotopic (exact) mass is 219 g/mol. The summed E-state index contributed by atoms with van der Waals surface area (Å²) in [4.78, 5) is 0. The number of ether oxygens (including phenoxy) is 1. The summed E-state index contributed by atoms with van der Waals surface area (Å²) in [5.41, 5.74) is 2.88. The molecule has 0 saturated carbocycles. The van der Waals surface area contributed by atoms with E-state index in [-0.39, 0.29) is 0 Å². The van der Waals surface area contributed by atoms with Crippen LogP contribution in [-0.2, 0) is 4.74 Å². The van der Waals surface area contributed by atoms with Gasteiger partial charge in [-0.2, -0.15) is 0 Å². The average Bonchev–Trinajstić information content (AvgIpc) is 2.30. The van der Waals surface area contributed by atoms with E-state index in [2.05, 4.69) is 43.4 Å². The maximum atomic E-state index is 5.85. The highest BCUT2D eigenvalue weighted by atomic mass is 16.5. The van der Waals surface area contributed by atoms with Crippen LogP contribution in [-0.4, -0.2) is 19.8 Å². The molecule has 2 nitrogen and oxygen atoms in total. The molecular weight excluding hydrogens is 198 g/mol. The van der Waals surface area contributed by atoms with Crippen LogP contribution in [0.4, 0.5) is 0 Å². The number of likely N-dealkylation sites (N-methyl/N-ethyl adjacent to an activating group) is 1. The van der Waals surface area contributed by atoms with E-state index < -0.39 is 0 Å². The van der Waals surface area contributed by atoms with Crippen molar-refractivity contribution in [2.24, 2.45) is 0 Å². The van der Waals surface area contributed by atoms with Crippen LogP contribution in [0.2, 0.25) is 0 Å². The van der Waals surface area contributed by atoms with E-state index in [4.69, 9.17) is 4.74 Å². The van der Waals surface area contributed by atoms with Crippen molar-refractivity contribution in [3.63, 3.8) is 0 Å². The van der Waals surface area contributed by atoms with Crippen molar-refractivity contribution < 1.29 is 4.74 Å². The van der Waals surface area contributed by atoms with Crippen LogP contribution in [0.1, 0.15) is 43.4 Å². The van der Waals surface area contributed by atoms with E-state index in [1.165, 1.54) is 11.1 Å². The van der Waals surface area contributed by atoms with Crippen molar-refractivity contribution in [3.05, 3.63) is 35.4 Å². The summed E-state index contributed by atoms with van der Waals surface area (Å²) in [5.74, 6) is 0.595. The highest BCUT2D eigenvalue weighted by molar-refractivity contribution is 5.36. The Morgan fingerprint density at radius 3 is 2.62 bits per heavy atom. The highest BCUT2D eigenvalue weighted by Crippen LogP contribution is 2.38. The summed E-state index contributed by atoms with van der Waals surface area (Å²) >= 11 is 0. The molecule has 0 bridgehead atoms. The van der Waals surface area contributed by atoms with Gasteiger partial charge in [0.25, 0.3) is 0 Å². The molecule has 1 aliphatic rings. The van der Waals surface area contributed by atoms with Gasteiger partial charge in [-0.05, 0) is 37.4 Å². The van der Waals surface area contributed by atoms with Gasteiger partial charge >= 0.3 is 0 Å². The Hall–Kier alpha value is -0.860. The summed E-state index contributed by atoms with van der Waals surface area (Å²) in [6.45, 7) is 5.15. The van der Waals surface area contributed by atoms with E-state index >= 15 is 0 Å². The number of benzene rings is 1. The second-order valence-corrected chi connectivity index (χ2v) is 4.53. The molecule has 2 rings (SSSR count). The van der Waals surface area contributed by atoms with Gasteiger partial charge in [0, 0.05) is 6.61 Å². The minimum absolute atomic E-state index is 0.305. The first-order valence-corrected chi connectivity index (χ1v) is 6.15. The lowest BCUT2D eigenvalue weighted by molar-refractivity contribution is 0.0203. The Kier molecular flexibility index (Phi) is 3.62. The van der Waals surface area contributed by atoms with Gasteiger partial charge in [0.1, 0.15) is 0 Å². The molecule has 2 heteroatoms. The zero-order valence-corrected chi connectivity index (χ0v) is 10.4. The van der Waals surface area contributed by atoms with E-state index in [0.717, 1.165) is 13.0 Å². The van der Waals surface area contributed by atoms with E-state index in [1.54, 1.807) is 0 Å². The van der Waals surface area contributed by atoms with Gasteiger partial charge in [0.15, 0.2) is 0 Å². The lowest BCUT2D eigenvalue weighted by atomic mass is 9.79. The van der Waals surface area contributed by atoms with Crippen LogP contribution in [0.5, 0.6) is 0 Å². The Morgan fingerprint density at radius 2 is 2.00 bits per heavy atom. The molecule has 1 aromatic carbocycles. The fraction of sp³-hybridized carbons (Fsp3) is 0.571. The zero-order valence-electron chi connectivity index (χ0n) is 10.4. The molecule has 0 saturated heterocycles. The normalized spacial score (nSPS) is 28.8. The Morgan fingerprint density at radius 1 is 1.31 bits per heavy atom. The first-order chi connectivity index (χ1) is 7.77. The minimum Gasteiger partial charge on any atom is -0.377 e. The minimum atomic E-state index is 0.305. The summed E-state index contributed by atoms with van der Waals surface area (Å²) < 4.78 is 5.85. The van der Waals surface area contributed by atoms with Crippen LogP contribution in [0.3, 0.4) is 0 Å². The molecule has 1 aromatic rings. The molecule has 0 amide bonds. The SMILES string of the molecule is CCOC1CC(C)c2ccccc2C1NC. The summed E-state index contributed by atoms with van der Waals surface area (Å²) in [7, 11) is 2.02. The topological polar surface area (TPSA) is 21.3 Å². The van der Waals surface area contributed by atoms with Crippen LogP contribution >= 0.6 is 0 Å². The van der Waals surface area contributed by atoms with Crippen LogP contribution in [0.15, 0.2) is 24.3 Å². The number of nitrogens with one attached hydrogen (secondary N) is 1. The van der Waals surface area contributed by atoms with Gasteiger partial charge in [0.2, 0.25) is 0 Å². The average molecular weight is 219 g/mol. The van der Waals surface area contributed by atoms with Crippen molar-refractivity contribution in [1.29, 1.82) is 0 Å². The molecule has 1 aliphatic carbocycles. The van der Waals surface area contributed by atoms with Crippen LogP contribution < -0.4 is 5.32 Å². The molecule has 0 spiro atoms. The van der Waals surface area contributed by atoms with Gasteiger partial charge < -0.3 is 10.1 Å². The first kappa shape index (κ1) is 11.6. The van der Waals surface area contributed by atoms with E-state index in [0.29, 0.717) is 18.1 Å². The van der Waals surface area contributed by atoms with Gasteiger partial charge in [-0.1, -0.05) is 31.2 Å². The third-order valence-electron chi connectivity index (χ3n) is 3.51. The first-order valence-electron chi connectivity index (χ1n) is 6.15. The Labute approximate surface area is 98.0 Å². The summed E-state index contributed by atoms with van der Waals surface area (Å²) in [5, 5.41) is 3.39. The van der Waals surface area contributed by atoms with Gasteiger partial charge in [-0.15, -0.1) is 0 Å². The standard InChI is InChI=1S/C14H21NO/c1-4-16-13-9-10(2)11-7-5-6-8-12(11)14(13)15-3/h5-8,10,13-15H,4,9H2,1-3H3. The molecule has 0 radical (unpaired) electrons. The van der Waals surface area contributed by atoms with E-state index in [9.17, 15) is 0 Å². The van der Waals surface area contributed by atoms with Crippen molar-refractivity contribution >= 4 is 0 Å². The number of hydrogen-bond acceptors (Lipinski definition) is 2. The summed E-state index contributed by atoms with van der Waals surface area (Å²) in [6, 6.07) is 9.05. The van der Waals surface area contributed by atoms with Gasteiger partial charge in [-0.25, -0.2) is 0 Å². The predicted molar refractivity (Wildman–Crippen MR) is 66.7 cm³/mol. The fourth-order valence-electron chi connectivity index (χ4n) is 2.77. The molecule has 0 aromatic heterocycles. The molecule has 3 atom stereocenters. The Balaban J connectivity index is 2.34. The quantitative estimate of drug-likeness (QED) is 0.844. The number of rotatable bonds is 3. The number of fused-ring (bicyclic) bond motifs is 1. The molecule has 88 valence electrons. The summed E-state index contributed by atoms with van der Waals surface area (Å²) in [6.07, 6.45) is 1.41. The lowest BCUT2D eigenvalue weighted by Crippen LogP contribution is -2.37. The lowest BCUT2D eigenvalue weighted by Gasteiger charge is -2.36. The molecule has 0 fully saturated rings. The smallest absolute Gasteiger partial charge is 0.0775 e. The molecule has 3 unspecified atom stereocenters. The van der Waals surface area contributed by atoms with Crippen molar-refractivity contribution in [1.82, 2.24) is 5.32 Å². The molecule has 1 N–H and O–H groups in total. The van der Waals surface area contributed by atoms with Crippen LogP contribution in [0.25, 0.3) is 0 Å². The third-order valence-corrected chi connectivity index (χ3v) is 3.51. The van der Waals surface area contributed by atoms with Crippen LogP contribution in [0, 0.1) is 0 Å². The fourth-order valence-corrected chi connectivity index (χ4v) is 2.77. The number of hydrogen-bond donors (Lipinski definition) is 1. The van der Waals surface area contributed by atoms with E-state index in [1.807, 2.05) is 7.05 Å². The molecule has 0 heterocycles. The second-order valence-electron chi connectivity index (χ2n) is 4.53. The van der Waals surface area contributed by atoms with Crippen molar-refractivity contribution in [2.75, 3.05) is 13.7 Å².